The van der Waals surface area contributed by atoms with Gasteiger partial charge in [0.25, 0.3) is 0 Å². The van der Waals surface area contributed by atoms with Crippen LogP contribution < -0.4 is 4.90 Å². The van der Waals surface area contributed by atoms with E-state index in [4.69, 9.17) is 4.98 Å². The molecule has 0 spiro atoms. The summed E-state index contributed by atoms with van der Waals surface area (Å²) in [7, 11) is 0. The highest BCUT2D eigenvalue weighted by Crippen LogP contribution is 2.29. The van der Waals surface area contributed by atoms with Crippen molar-refractivity contribution in [3.05, 3.63) is 96.4 Å². The Labute approximate surface area is 190 Å². The lowest BCUT2D eigenvalue weighted by atomic mass is 10.1. The van der Waals surface area contributed by atoms with E-state index in [1.165, 1.54) is 12.1 Å². The van der Waals surface area contributed by atoms with Gasteiger partial charge in [-0.05, 0) is 35.9 Å². The predicted octanol–water partition coefficient (Wildman–Crippen LogP) is 4.86. The third-order valence-corrected chi connectivity index (χ3v) is 7.22. The quantitative estimate of drug-likeness (QED) is 0.412. The van der Waals surface area contributed by atoms with E-state index < -0.39 is 11.2 Å². The summed E-state index contributed by atoms with van der Waals surface area (Å²) in [6.07, 6.45) is 1.74. The Morgan fingerprint density at radius 3 is 2.34 bits per heavy atom. The first kappa shape index (κ1) is 20.9. The third kappa shape index (κ3) is 4.48. The molecule has 0 N–H and O–H groups in total. The number of pyridine rings is 1. The summed E-state index contributed by atoms with van der Waals surface area (Å²) in [6, 6.07) is 24.4. The first-order chi connectivity index (χ1) is 15.7. The number of nitrogens with zero attached hydrogens (tertiary/aromatic N) is 3. The number of aromatic nitrogens is 1. The van der Waals surface area contributed by atoms with Crippen LogP contribution in [-0.2, 0) is 17.7 Å². The Morgan fingerprint density at radius 1 is 0.844 bits per heavy atom. The molecular formula is C26H24FN3OS. The van der Waals surface area contributed by atoms with Crippen LogP contribution in [0.5, 0.6) is 0 Å². The summed E-state index contributed by atoms with van der Waals surface area (Å²) in [6.45, 7) is 4.50. The molecule has 1 unspecified atom stereocenters. The van der Waals surface area contributed by atoms with Crippen LogP contribution in [0, 0.1) is 5.82 Å². The van der Waals surface area contributed by atoms with Crippen molar-refractivity contribution in [1.29, 1.82) is 0 Å². The van der Waals surface area contributed by atoms with Crippen LogP contribution in [0.25, 0.3) is 10.9 Å². The Morgan fingerprint density at radius 2 is 1.59 bits per heavy atom. The molecule has 162 valence electrons. The average Bonchev–Trinajstić information content (AvgIpc) is 2.85. The van der Waals surface area contributed by atoms with Gasteiger partial charge in [-0.25, -0.2) is 9.37 Å². The topological polar surface area (TPSA) is 42.4 Å². The lowest BCUT2D eigenvalue weighted by Gasteiger charge is -2.36. The number of benzene rings is 3. The predicted molar refractivity (Wildman–Crippen MR) is 127 cm³/mol. The number of anilines is 1. The first-order valence-corrected chi connectivity index (χ1v) is 11.9. The average molecular weight is 446 g/mol. The summed E-state index contributed by atoms with van der Waals surface area (Å²) < 4.78 is 26.1. The molecule has 0 radical (unpaired) electrons. The van der Waals surface area contributed by atoms with Gasteiger partial charge in [0.1, 0.15) is 5.82 Å². The van der Waals surface area contributed by atoms with E-state index in [0.717, 1.165) is 59.8 Å². The van der Waals surface area contributed by atoms with E-state index in [9.17, 15) is 8.94 Å². The van der Waals surface area contributed by atoms with Crippen molar-refractivity contribution in [2.75, 3.05) is 31.1 Å². The van der Waals surface area contributed by atoms with Crippen LogP contribution in [0.4, 0.5) is 10.1 Å². The molecule has 2 heterocycles. The van der Waals surface area contributed by atoms with Gasteiger partial charge >= 0.3 is 0 Å². The molecule has 32 heavy (non-hydrogen) atoms. The maximum absolute atomic E-state index is 13.1. The Balaban J connectivity index is 1.31. The number of para-hydroxylation sites is 1. The lowest BCUT2D eigenvalue weighted by molar-refractivity contribution is 0.250. The number of halogens is 1. The highest BCUT2D eigenvalue weighted by atomic mass is 32.2. The van der Waals surface area contributed by atoms with Crippen LogP contribution in [0.3, 0.4) is 0 Å². The van der Waals surface area contributed by atoms with Crippen molar-refractivity contribution in [2.45, 2.75) is 16.3 Å². The van der Waals surface area contributed by atoms with E-state index in [-0.39, 0.29) is 5.82 Å². The molecule has 0 saturated carbocycles. The molecule has 1 saturated heterocycles. The van der Waals surface area contributed by atoms with Crippen molar-refractivity contribution in [3.8, 4) is 0 Å². The van der Waals surface area contributed by atoms with Gasteiger partial charge in [-0.2, -0.15) is 0 Å². The van der Waals surface area contributed by atoms with E-state index >= 15 is 0 Å². The molecule has 0 amide bonds. The second-order valence-corrected chi connectivity index (χ2v) is 9.47. The van der Waals surface area contributed by atoms with Crippen molar-refractivity contribution >= 4 is 27.8 Å². The van der Waals surface area contributed by atoms with Gasteiger partial charge in [0.15, 0.2) is 9.79 Å². The lowest BCUT2D eigenvalue weighted by Crippen LogP contribution is -2.46. The zero-order valence-corrected chi connectivity index (χ0v) is 18.5. The standard InChI is InChI=1S/C26H24FN3OS/c27-22-11-9-20(10-12-22)19-29-13-15-30(16-14-29)25-8-4-5-21-17-24(18-28-26(21)25)32(31)23-6-2-1-3-7-23/h1-12,17-18H,13-16,19H2. The fraction of sp³-hybridized carbons (Fsp3) is 0.192. The fourth-order valence-electron chi connectivity index (χ4n) is 4.16. The Kier molecular flexibility index (Phi) is 6.08. The summed E-state index contributed by atoms with van der Waals surface area (Å²) >= 11 is -1.25. The zero-order valence-electron chi connectivity index (χ0n) is 17.7. The number of rotatable bonds is 5. The van der Waals surface area contributed by atoms with Gasteiger partial charge in [0.2, 0.25) is 0 Å². The van der Waals surface area contributed by atoms with Gasteiger partial charge in [-0.15, -0.1) is 0 Å². The molecule has 4 nitrogen and oxygen atoms in total. The van der Waals surface area contributed by atoms with Gasteiger partial charge < -0.3 is 9.45 Å². The van der Waals surface area contributed by atoms with Gasteiger partial charge in [0.05, 0.1) is 17.4 Å². The Hall–Kier alpha value is -2.93. The van der Waals surface area contributed by atoms with Gasteiger partial charge in [-0.1, -0.05) is 42.5 Å². The van der Waals surface area contributed by atoms with Crippen LogP contribution in [0.15, 0.2) is 94.9 Å². The Bertz CT molecular complexity index is 1190. The largest absolute Gasteiger partial charge is 0.606 e. The van der Waals surface area contributed by atoms with Crippen molar-refractivity contribution < 1.29 is 8.94 Å². The monoisotopic (exact) mass is 445 g/mol. The molecular weight excluding hydrogens is 421 g/mol. The highest BCUT2D eigenvalue weighted by Gasteiger charge is 2.21. The SMILES string of the molecule is [O-][S+](c1ccccc1)c1cnc2c(N3CCN(Cc4ccc(F)cc4)CC3)cccc2c1. The van der Waals surface area contributed by atoms with E-state index in [1.807, 2.05) is 60.7 Å². The number of hydrogen-bond donors (Lipinski definition) is 0. The maximum Gasteiger partial charge on any atom is 0.177 e. The van der Waals surface area contributed by atoms with E-state index in [1.54, 1.807) is 6.20 Å². The molecule has 1 aromatic heterocycles. The van der Waals surface area contributed by atoms with Crippen molar-refractivity contribution in [3.63, 3.8) is 0 Å². The highest BCUT2D eigenvalue weighted by molar-refractivity contribution is 7.91. The molecule has 3 aromatic carbocycles. The molecule has 6 heteroatoms. The molecule has 5 rings (SSSR count). The molecule has 1 atom stereocenters. The maximum atomic E-state index is 13.1. The van der Waals surface area contributed by atoms with Crippen LogP contribution >= 0.6 is 0 Å². The van der Waals surface area contributed by atoms with Crippen LogP contribution in [0.1, 0.15) is 5.56 Å². The number of piperazine rings is 1. The number of hydrogen-bond acceptors (Lipinski definition) is 4. The normalized spacial score (nSPS) is 15.8. The van der Waals surface area contributed by atoms with E-state index in [0.29, 0.717) is 4.90 Å². The third-order valence-electron chi connectivity index (χ3n) is 5.87. The molecule has 0 bridgehead atoms. The molecule has 1 fully saturated rings. The summed E-state index contributed by atoms with van der Waals surface area (Å²) in [5.41, 5.74) is 3.18. The molecule has 4 aromatic rings. The first-order valence-electron chi connectivity index (χ1n) is 10.7. The second-order valence-electron chi connectivity index (χ2n) is 7.99. The summed E-state index contributed by atoms with van der Waals surface area (Å²) in [5.74, 6) is -0.196. The fourth-order valence-corrected chi connectivity index (χ4v) is 5.22. The van der Waals surface area contributed by atoms with Crippen LogP contribution in [0.2, 0.25) is 0 Å². The van der Waals surface area contributed by atoms with Gasteiger partial charge in [-0.3, -0.25) is 4.90 Å². The minimum atomic E-state index is -1.25. The molecule has 0 aliphatic carbocycles. The minimum absolute atomic E-state index is 0.196. The van der Waals surface area contributed by atoms with Gasteiger partial charge in [0, 0.05) is 55.4 Å². The number of fused-ring (bicyclic) bond motifs is 1. The second kappa shape index (κ2) is 9.28. The van der Waals surface area contributed by atoms with Crippen LogP contribution in [-0.4, -0.2) is 40.6 Å². The minimum Gasteiger partial charge on any atom is -0.606 e. The molecule has 1 aliphatic rings. The molecule has 1 aliphatic heterocycles. The zero-order chi connectivity index (χ0) is 21.9. The van der Waals surface area contributed by atoms with Crippen molar-refractivity contribution in [2.24, 2.45) is 0 Å². The summed E-state index contributed by atoms with van der Waals surface area (Å²) in [5, 5.41) is 0.998. The van der Waals surface area contributed by atoms with E-state index in [2.05, 4.69) is 15.9 Å². The summed E-state index contributed by atoms with van der Waals surface area (Å²) in [4.78, 5) is 11.0. The van der Waals surface area contributed by atoms with Crippen molar-refractivity contribution in [1.82, 2.24) is 9.88 Å². The smallest absolute Gasteiger partial charge is 0.177 e.